The summed E-state index contributed by atoms with van der Waals surface area (Å²) in [4.78, 5) is 34.3. The van der Waals surface area contributed by atoms with Crippen LogP contribution in [0.1, 0.15) is 12.3 Å². The smallest absolute Gasteiger partial charge is 0.277 e. The van der Waals surface area contributed by atoms with Crippen molar-refractivity contribution in [1.29, 1.82) is 0 Å². The molecule has 4 aromatic rings. The lowest BCUT2D eigenvalue weighted by atomic mass is 10.3. The van der Waals surface area contributed by atoms with Gasteiger partial charge in [0.25, 0.3) is 20.8 Å². The zero-order valence-corrected chi connectivity index (χ0v) is 22.2. The highest BCUT2D eigenvalue weighted by Gasteiger charge is 2.16. The van der Waals surface area contributed by atoms with Gasteiger partial charge in [0.2, 0.25) is 11.8 Å². The number of thiazole rings is 1. The first-order chi connectivity index (χ1) is 17.8. The SMILES string of the molecule is Nc1cc(=O)[nH]c(SCCCc2nnc(SCC(=O)Nc3ccc(S(=O)(=O)Nc4nccs4)cc3)o2)n1. The average Bonchev–Trinajstić information content (AvgIpc) is 3.52. The Bertz CT molecular complexity index is 1500. The molecule has 3 heterocycles. The number of nitrogens with one attached hydrogen (secondary N) is 3. The molecule has 0 saturated carbocycles. The van der Waals surface area contributed by atoms with Crippen molar-refractivity contribution in [3.8, 4) is 0 Å². The Labute approximate surface area is 223 Å². The Morgan fingerprint density at radius 1 is 1.19 bits per heavy atom. The van der Waals surface area contributed by atoms with Gasteiger partial charge < -0.3 is 20.5 Å². The molecule has 194 valence electrons. The number of amides is 1. The van der Waals surface area contributed by atoms with Crippen LogP contribution < -0.4 is 21.3 Å². The number of hydrogen-bond donors (Lipinski definition) is 4. The minimum absolute atomic E-state index is 0.0254. The predicted molar refractivity (Wildman–Crippen MR) is 141 cm³/mol. The number of aryl methyl sites for hydroxylation is 1. The quantitative estimate of drug-likeness (QED) is 0.109. The molecule has 0 saturated heterocycles. The standard InChI is InChI=1S/C20H20N8O5S4/c21-14-10-15(29)25-19(24-14)34-8-1-2-17-26-27-20(33-17)36-11-16(30)23-12-3-5-13(6-4-12)37(31,32)28-18-22-7-9-35-18/h3-7,9-10H,1-2,8,11H2,(H,22,28)(H,23,30)(H3,21,24,25,29). The lowest BCUT2D eigenvalue weighted by Gasteiger charge is -2.07. The summed E-state index contributed by atoms with van der Waals surface area (Å²) in [5, 5.41) is 13.2. The molecule has 37 heavy (non-hydrogen) atoms. The number of nitrogens with zero attached hydrogens (tertiary/aromatic N) is 4. The van der Waals surface area contributed by atoms with Crippen molar-refractivity contribution in [2.45, 2.75) is 28.1 Å². The minimum Gasteiger partial charge on any atom is -0.416 e. The Balaban J connectivity index is 1.19. The lowest BCUT2D eigenvalue weighted by molar-refractivity contribution is -0.113. The molecule has 1 amide bonds. The van der Waals surface area contributed by atoms with Crippen LogP contribution in [0.25, 0.3) is 0 Å². The molecule has 4 rings (SSSR count). The van der Waals surface area contributed by atoms with Gasteiger partial charge in [-0.3, -0.25) is 14.3 Å². The molecule has 0 aliphatic rings. The maximum atomic E-state index is 12.4. The molecule has 5 N–H and O–H groups in total. The molecule has 13 nitrogen and oxygen atoms in total. The maximum Gasteiger partial charge on any atom is 0.277 e. The average molecular weight is 581 g/mol. The van der Waals surface area contributed by atoms with Crippen LogP contribution in [0, 0.1) is 0 Å². The van der Waals surface area contributed by atoms with Gasteiger partial charge in [0.1, 0.15) is 5.82 Å². The molecule has 0 radical (unpaired) electrons. The Hall–Kier alpha value is -3.41. The van der Waals surface area contributed by atoms with Gasteiger partial charge in [0, 0.05) is 35.5 Å². The van der Waals surface area contributed by atoms with Crippen molar-refractivity contribution in [3.63, 3.8) is 0 Å². The van der Waals surface area contributed by atoms with E-state index < -0.39 is 10.0 Å². The molecular formula is C20H20N8O5S4. The number of carbonyl (C=O) groups is 1. The number of hydrogen-bond acceptors (Lipinski definition) is 13. The van der Waals surface area contributed by atoms with E-state index in [0.717, 1.165) is 11.8 Å². The number of thioether (sulfide) groups is 2. The van der Waals surface area contributed by atoms with Gasteiger partial charge in [-0.15, -0.1) is 21.5 Å². The number of sulfonamides is 1. The Morgan fingerprint density at radius 3 is 2.73 bits per heavy atom. The van der Waals surface area contributed by atoms with E-state index in [1.165, 1.54) is 59.6 Å². The summed E-state index contributed by atoms with van der Waals surface area (Å²) in [6.45, 7) is 0. The van der Waals surface area contributed by atoms with Crippen LogP contribution in [0.4, 0.5) is 16.6 Å². The van der Waals surface area contributed by atoms with Crippen molar-refractivity contribution in [3.05, 3.63) is 58.2 Å². The van der Waals surface area contributed by atoms with Gasteiger partial charge in [0.15, 0.2) is 10.3 Å². The molecular weight excluding hydrogens is 561 g/mol. The summed E-state index contributed by atoms with van der Waals surface area (Å²) in [5.41, 5.74) is 5.70. The van der Waals surface area contributed by atoms with E-state index in [1.807, 2.05) is 0 Å². The molecule has 3 aromatic heterocycles. The maximum absolute atomic E-state index is 12.4. The second kappa shape index (κ2) is 12.2. The van der Waals surface area contributed by atoms with Crippen molar-refractivity contribution >= 4 is 67.4 Å². The summed E-state index contributed by atoms with van der Waals surface area (Å²) in [6, 6.07) is 6.99. The van der Waals surface area contributed by atoms with E-state index in [9.17, 15) is 18.0 Å². The molecule has 0 unspecified atom stereocenters. The number of nitrogens with two attached hydrogens (primary N) is 1. The van der Waals surface area contributed by atoms with Crippen molar-refractivity contribution in [2.75, 3.05) is 27.3 Å². The van der Waals surface area contributed by atoms with Crippen molar-refractivity contribution in [2.24, 2.45) is 0 Å². The number of carbonyl (C=O) groups excluding carboxylic acids is 1. The second-order valence-electron chi connectivity index (χ2n) is 7.19. The summed E-state index contributed by atoms with van der Waals surface area (Å²) < 4.78 is 32.7. The van der Waals surface area contributed by atoms with E-state index in [-0.39, 0.29) is 38.3 Å². The lowest BCUT2D eigenvalue weighted by Crippen LogP contribution is -2.15. The van der Waals surface area contributed by atoms with E-state index in [1.54, 1.807) is 5.38 Å². The van der Waals surface area contributed by atoms with Gasteiger partial charge in [0.05, 0.1) is 10.6 Å². The van der Waals surface area contributed by atoms with Crippen LogP contribution in [0.3, 0.4) is 0 Å². The van der Waals surface area contributed by atoms with Crippen molar-refractivity contribution in [1.82, 2.24) is 25.1 Å². The van der Waals surface area contributed by atoms with Gasteiger partial charge >= 0.3 is 0 Å². The molecule has 0 bridgehead atoms. The fraction of sp³-hybridized carbons (Fsp3) is 0.200. The third-order valence-corrected chi connectivity index (χ3v) is 8.34. The highest BCUT2D eigenvalue weighted by Crippen LogP contribution is 2.21. The highest BCUT2D eigenvalue weighted by molar-refractivity contribution is 7.99. The second-order valence-corrected chi connectivity index (χ2v) is 11.8. The normalized spacial score (nSPS) is 11.4. The largest absolute Gasteiger partial charge is 0.416 e. The van der Waals surface area contributed by atoms with Crippen LogP contribution >= 0.6 is 34.9 Å². The first-order valence-electron chi connectivity index (χ1n) is 10.5. The van der Waals surface area contributed by atoms with Crippen LogP contribution in [-0.4, -0.2) is 51.0 Å². The fourth-order valence-electron chi connectivity index (χ4n) is 2.80. The van der Waals surface area contributed by atoms with E-state index in [0.29, 0.717) is 35.3 Å². The molecule has 17 heteroatoms. The first kappa shape index (κ1) is 26.6. The Kier molecular flexibility index (Phi) is 8.80. The molecule has 0 spiro atoms. The number of benzene rings is 1. The summed E-state index contributed by atoms with van der Waals surface area (Å²) in [7, 11) is -3.77. The topological polar surface area (TPSA) is 199 Å². The zero-order chi connectivity index (χ0) is 26.3. The fourth-order valence-corrected chi connectivity index (χ4v) is 5.99. The number of rotatable bonds is 12. The number of aromatic amines is 1. The van der Waals surface area contributed by atoms with E-state index in [4.69, 9.17) is 10.2 Å². The predicted octanol–water partition coefficient (Wildman–Crippen LogP) is 2.45. The van der Waals surface area contributed by atoms with E-state index >= 15 is 0 Å². The van der Waals surface area contributed by atoms with Crippen molar-refractivity contribution < 1.29 is 17.6 Å². The summed E-state index contributed by atoms with van der Waals surface area (Å²) >= 11 is 3.61. The highest BCUT2D eigenvalue weighted by atomic mass is 32.2. The molecule has 0 atom stereocenters. The molecule has 0 aliphatic heterocycles. The zero-order valence-electron chi connectivity index (χ0n) is 18.9. The first-order valence-corrected chi connectivity index (χ1v) is 14.9. The number of H-pyrrole nitrogens is 1. The molecule has 0 fully saturated rings. The van der Waals surface area contributed by atoms with Gasteiger partial charge in [-0.2, -0.15) is 0 Å². The third-order valence-electron chi connectivity index (χ3n) is 4.39. The van der Waals surface area contributed by atoms with Gasteiger partial charge in [-0.25, -0.2) is 18.4 Å². The Morgan fingerprint density at radius 2 is 2.00 bits per heavy atom. The van der Waals surface area contributed by atoms with Crippen LogP contribution in [0.2, 0.25) is 0 Å². The van der Waals surface area contributed by atoms with Gasteiger partial charge in [-0.1, -0.05) is 23.5 Å². The number of nitrogen functional groups attached to an aromatic ring is 1. The van der Waals surface area contributed by atoms with Crippen LogP contribution in [0.5, 0.6) is 0 Å². The van der Waals surface area contributed by atoms with Crippen LogP contribution in [-0.2, 0) is 21.2 Å². The minimum atomic E-state index is -3.77. The molecule has 1 aromatic carbocycles. The number of anilines is 3. The van der Waals surface area contributed by atoms with Gasteiger partial charge in [-0.05, 0) is 30.7 Å². The summed E-state index contributed by atoms with van der Waals surface area (Å²) in [6.07, 6.45) is 2.72. The monoisotopic (exact) mass is 580 g/mol. The molecule has 0 aliphatic carbocycles. The summed E-state index contributed by atoms with van der Waals surface area (Å²) in [5.74, 6) is 0.957. The number of aromatic nitrogens is 5. The van der Waals surface area contributed by atoms with Crippen LogP contribution in [0.15, 0.2) is 66.4 Å². The third kappa shape index (κ3) is 8.04. The van der Waals surface area contributed by atoms with E-state index in [2.05, 4.69) is 35.2 Å².